The third-order valence-corrected chi connectivity index (χ3v) is 13.0. The fourth-order valence-electron chi connectivity index (χ4n) is 10.00. The van der Waals surface area contributed by atoms with Crippen LogP contribution in [0.3, 0.4) is 0 Å². The zero-order valence-electron chi connectivity index (χ0n) is 35.1. The number of para-hydroxylation sites is 5. The molecule has 0 amide bonds. The summed E-state index contributed by atoms with van der Waals surface area (Å²) in [4.78, 5) is 2.33. The Morgan fingerprint density at radius 3 is 1.38 bits per heavy atom. The summed E-state index contributed by atoms with van der Waals surface area (Å²) in [6.07, 6.45) is 0. The lowest BCUT2D eigenvalue weighted by Crippen LogP contribution is -2.10. The van der Waals surface area contributed by atoms with Crippen LogP contribution in [0.15, 0.2) is 235 Å². The van der Waals surface area contributed by atoms with Gasteiger partial charge >= 0.3 is 0 Å². The molecule has 0 spiro atoms. The van der Waals surface area contributed by atoms with E-state index in [2.05, 4.69) is 208 Å². The smallest absolute Gasteiger partial charge is 0.143 e. The molecule has 5 nitrogen and oxygen atoms in total. The number of hydrogen-bond donors (Lipinski definition) is 1. The van der Waals surface area contributed by atoms with Crippen LogP contribution in [0.5, 0.6) is 5.75 Å². The van der Waals surface area contributed by atoms with Gasteiger partial charge in [0.25, 0.3) is 0 Å². The molecule has 13 rings (SSSR count). The Labute approximate surface area is 374 Å². The first-order valence-electron chi connectivity index (χ1n) is 22.0. The van der Waals surface area contributed by atoms with Crippen molar-refractivity contribution in [1.82, 2.24) is 9.13 Å². The molecule has 3 heterocycles. The van der Waals surface area contributed by atoms with E-state index in [0.717, 1.165) is 83.7 Å². The van der Waals surface area contributed by atoms with Crippen molar-refractivity contribution in [2.75, 3.05) is 4.90 Å². The summed E-state index contributed by atoms with van der Waals surface area (Å²) in [7, 11) is 0. The Morgan fingerprint density at radius 2 is 0.785 bits per heavy atom. The van der Waals surface area contributed by atoms with Crippen LogP contribution in [0.4, 0.5) is 17.1 Å². The normalized spacial score (nSPS) is 11.8. The molecule has 306 valence electrons. The van der Waals surface area contributed by atoms with E-state index >= 15 is 0 Å². The fraction of sp³-hybridized carbons (Fsp3) is 0. The van der Waals surface area contributed by atoms with Crippen molar-refractivity contribution >= 4 is 82.6 Å². The molecule has 65 heavy (non-hydrogen) atoms. The van der Waals surface area contributed by atoms with E-state index < -0.39 is 0 Å². The highest BCUT2D eigenvalue weighted by molar-refractivity contribution is 6.12. The molecule has 13 aromatic rings. The van der Waals surface area contributed by atoms with Gasteiger partial charge in [-0.3, -0.25) is 0 Å². The van der Waals surface area contributed by atoms with Gasteiger partial charge in [0.15, 0.2) is 0 Å². The predicted octanol–water partition coefficient (Wildman–Crippen LogP) is 16.3. The molecule has 0 aliphatic heterocycles. The van der Waals surface area contributed by atoms with E-state index in [9.17, 15) is 5.11 Å². The molecule has 3 aromatic heterocycles. The molecule has 0 bridgehead atoms. The molecule has 10 aromatic carbocycles. The number of phenolic OH excluding ortho intramolecular Hbond substituents is 1. The predicted molar refractivity (Wildman–Crippen MR) is 270 cm³/mol. The lowest BCUT2D eigenvalue weighted by molar-refractivity contribution is 0.475. The highest BCUT2D eigenvalue weighted by atomic mass is 16.3. The van der Waals surface area contributed by atoms with Crippen molar-refractivity contribution in [3.63, 3.8) is 0 Å². The summed E-state index contributed by atoms with van der Waals surface area (Å²) >= 11 is 0. The molecule has 0 saturated heterocycles. The summed E-state index contributed by atoms with van der Waals surface area (Å²) in [6, 6.07) is 81.3. The standard InChI is InChI=1S/C60H39N3O2/c64-47-35-33-46(34-36-47)63-57-18-7-3-12-51(57)54-38-41(24-37-58(54)63)39-20-25-42(26-21-39)61(43-27-22-40(23-28-43)48-14-9-15-53-52-13-4-8-19-59(52)65-60(48)53)44-29-31-45(32-30-44)62-55-16-5-1-10-49(55)50-11-2-6-17-56(50)62/h1-38,64H. The molecule has 0 atom stereocenters. The number of phenols is 1. The molecule has 0 aliphatic rings. The van der Waals surface area contributed by atoms with Crippen LogP contribution in [0, 0.1) is 0 Å². The van der Waals surface area contributed by atoms with Crippen molar-refractivity contribution in [2.24, 2.45) is 0 Å². The second kappa shape index (κ2) is 14.7. The van der Waals surface area contributed by atoms with Crippen molar-refractivity contribution in [1.29, 1.82) is 0 Å². The maximum Gasteiger partial charge on any atom is 0.143 e. The molecule has 1 N–H and O–H groups in total. The highest BCUT2D eigenvalue weighted by Gasteiger charge is 2.18. The van der Waals surface area contributed by atoms with Crippen molar-refractivity contribution in [3.8, 4) is 39.4 Å². The number of anilines is 3. The lowest BCUT2D eigenvalue weighted by atomic mass is 10.0. The largest absolute Gasteiger partial charge is 0.508 e. The van der Waals surface area contributed by atoms with E-state index in [1.807, 2.05) is 24.3 Å². The Bertz CT molecular complexity index is 3880. The van der Waals surface area contributed by atoms with E-state index in [1.165, 1.54) is 32.6 Å². The maximum atomic E-state index is 10.0. The zero-order chi connectivity index (χ0) is 43.0. The second-order valence-corrected chi connectivity index (χ2v) is 16.7. The van der Waals surface area contributed by atoms with E-state index in [-0.39, 0.29) is 5.75 Å². The Morgan fingerprint density at radius 1 is 0.338 bits per heavy atom. The molecule has 0 fully saturated rings. The van der Waals surface area contributed by atoms with Gasteiger partial charge in [-0.2, -0.15) is 0 Å². The monoisotopic (exact) mass is 833 g/mol. The van der Waals surface area contributed by atoms with Crippen LogP contribution in [-0.4, -0.2) is 14.2 Å². The number of aromatic nitrogens is 2. The molecule has 5 heteroatoms. The molecule has 0 radical (unpaired) electrons. The molecule has 0 saturated carbocycles. The van der Waals surface area contributed by atoms with Crippen molar-refractivity contribution in [3.05, 3.63) is 231 Å². The quantitative estimate of drug-likeness (QED) is 0.174. The Kier molecular flexibility index (Phi) is 8.30. The molecular formula is C60H39N3O2. The van der Waals surface area contributed by atoms with Gasteiger partial charge in [0.2, 0.25) is 0 Å². The fourth-order valence-corrected chi connectivity index (χ4v) is 10.00. The number of furan rings is 1. The first-order valence-corrected chi connectivity index (χ1v) is 22.0. The Hall–Kier alpha value is -8.80. The first kappa shape index (κ1) is 36.8. The molecule has 0 unspecified atom stereocenters. The van der Waals surface area contributed by atoms with Gasteiger partial charge < -0.3 is 23.6 Å². The van der Waals surface area contributed by atoms with Crippen LogP contribution >= 0.6 is 0 Å². The summed E-state index contributed by atoms with van der Waals surface area (Å²) in [6.45, 7) is 0. The summed E-state index contributed by atoms with van der Waals surface area (Å²) in [5.41, 5.74) is 16.1. The Balaban J connectivity index is 0.908. The third kappa shape index (κ3) is 5.94. The first-order chi connectivity index (χ1) is 32.1. The van der Waals surface area contributed by atoms with Crippen molar-refractivity contribution in [2.45, 2.75) is 0 Å². The number of hydrogen-bond acceptors (Lipinski definition) is 3. The van der Waals surface area contributed by atoms with Crippen LogP contribution in [-0.2, 0) is 0 Å². The minimum Gasteiger partial charge on any atom is -0.508 e. The maximum absolute atomic E-state index is 10.0. The average Bonchev–Trinajstić information content (AvgIpc) is 4.03. The second-order valence-electron chi connectivity index (χ2n) is 16.7. The SMILES string of the molecule is Oc1ccc(-n2c3ccccc3c3cc(-c4ccc(N(c5ccc(-c6cccc7c6oc6ccccc67)cc5)c5ccc(-n6c7ccccc7c7ccccc76)cc5)cc4)ccc32)cc1. The zero-order valence-corrected chi connectivity index (χ0v) is 35.1. The van der Waals surface area contributed by atoms with Gasteiger partial charge in [-0.1, -0.05) is 121 Å². The van der Waals surface area contributed by atoms with Crippen LogP contribution in [0.1, 0.15) is 0 Å². The van der Waals surface area contributed by atoms with E-state index in [1.54, 1.807) is 12.1 Å². The number of rotatable bonds is 7. The minimum absolute atomic E-state index is 0.254. The molecular weight excluding hydrogens is 795 g/mol. The van der Waals surface area contributed by atoms with Gasteiger partial charge in [0.1, 0.15) is 16.9 Å². The number of aromatic hydroxyl groups is 1. The molecule has 0 aliphatic carbocycles. The van der Waals surface area contributed by atoms with Crippen LogP contribution in [0.2, 0.25) is 0 Å². The van der Waals surface area contributed by atoms with Crippen molar-refractivity contribution < 1.29 is 9.52 Å². The van der Waals surface area contributed by atoms with Gasteiger partial charge in [0.05, 0.1) is 22.1 Å². The number of fused-ring (bicyclic) bond motifs is 9. The summed E-state index contributed by atoms with van der Waals surface area (Å²) in [5, 5.41) is 17.1. The van der Waals surface area contributed by atoms with E-state index in [0.29, 0.717) is 0 Å². The van der Waals surface area contributed by atoms with Crippen LogP contribution in [0.25, 0.3) is 99.2 Å². The minimum atomic E-state index is 0.254. The van der Waals surface area contributed by atoms with Gasteiger partial charge in [0, 0.05) is 66.3 Å². The van der Waals surface area contributed by atoms with Gasteiger partial charge in [-0.15, -0.1) is 0 Å². The topological polar surface area (TPSA) is 46.5 Å². The third-order valence-electron chi connectivity index (χ3n) is 13.0. The lowest BCUT2D eigenvalue weighted by Gasteiger charge is -2.26. The highest BCUT2D eigenvalue weighted by Crippen LogP contribution is 2.42. The van der Waals surface area contributed by atoms with Crippen LogP contribution < -0.4 is 4.90 Å². The van der Waals surface area contributed by atoms with Gasteiger partial charge in [-0.05, 0) is 126 Å². The summed E-state index contributed by atoms with van der Waals surface area (Å²) in [5.74, 6) is 0.254. The average molecular weight is 834 g/mol. The van der Waals surface area contributed by atoms with E-state index in [4.69, 9.17) is 4.42 Å². The number of benzene rings is 10. The summed E-state index contributed by atoms with van der Waals surface area (Å²) < 4.78 is 11.1. The van der Waals surface area contributed by atoms with Gasteiger partial charge in [-0.25, -0.2) is 0 Å². The number of nitrogens with zero attached hydrogens (tertiary/aromatic N) is 3.